The Hall–Kier alpha value is 1.18. The van der Waals surface area contributed by atoms with Crippen LogP contribution in [-0.4, -0.2) is 31.8 Å². The fourth-order valence-corrected chi connectivity index (χ4v) is 3.49. The van der Waals surface area contributed by atoms with Gasteiger partial charge in [0.05, 0.1) is 0 Å². The predicted molar refractivity (Wildman–Crippen MR) is 90.2 cm³/mol. The molecule has 116 valence electrons. The second-order valence-corrected chi connectivity index (χ2v) is 9.17. The van der Waals surface area contributed by atoms with Crippen molar-refractivity contribution in [2.24, 2.45) is 7.05 Å². The monoisotopic (exact) mass is 439 g/mol. The smallest absolute Gasteiger partial charge is 0.245 e. The van der Waals surface area contributed by atoms with Crippen LogP contribution in [-0.2, 0) is 7.05 Å². The maximum Gasteiger partial charge on any atom is 0.358 e. The first-order chi connectivity index (χ1) is 9.16. The number of rotatable bonds is 6. The summed E-state index contributed by atoms with van der Waals surface area (Å²) in [6.07, 6.45) is 0. The van der Waals surface area contributed by atoms with E-state index in [4.69, 9.17) is 69.6 Å². The Morgan fingerprint density at radius 3 is 1.35 bits per heavy atom. The minimum Gasteiger partial charge on any atom is -0.245 e. The Morgan fingerprint density at radius 1 is 0.800 bits per heavy atom. The van der Waals surface area contributed by atoms with Gasteiger partial charge in [-0.1, -0.05) is 0 Å². The van der Waals surface area contributed by atoms with Crippen LogP contribution in [0.3, 0.4) is 0 Å². The van der Waals surface area contributed by atoms with Gasteiger partial charge in [-0.2, -0.15) is 8.17 Å². The largest absolute Gasteiger partial charge is 0.358 e. The Morgan fingerprint density at radius 2 is 1.10 bits per heavy atom. The number of hydrogen-bond donors (Lipinski definition) is 0. The molecular formula is C7H7Cl6N3O2S2. The molecule has 0 N–H and O–H groups in total. The van der Waals surface area contributed by atoms with Gasteiger partial charge in [-0.25, -0.2) is 14.2 Å². The summed E-state index contributed by atoms with van der Waals surface area (Å²) < 4.78 is 1.17. The van der Waals surface area contributed by atoms with Gasteiger partial charge >= 0.3 is 11.4 Å². The van der Waals surface area contributed by atoms with Crippen molar-refractivity contribution in [3.8, 4) is 0 Å². The van der Waals surface area contributed by atoms with Gasteiger partial charge in [0.25, 0.3) is 0 Å². The molecule has 0 radical (unpaired) electrons. The molecule has 2 unspecified atom stereocenters. The number of hydrogen-bond acceptors (Lipinski definition) is 4. The lowest BCUT2D eigenvalue weighted by Crippen LogP contribution is -2.25. The standard InChI is InChI=1S/C7H7Cl6N3O2S2/c1-14-6(17)15(19-4(12)2(8)9)16(7(14)18)20-5(13)3(10)11/h2-5H,1H3. The maximum absolute atomic E-state index is 11.9. The van der Waals surface area contributed by atoms with E-state index in [0.717, 1.165) is 36.6 Å². The molecule has 5 nitrogen and oxygen atoms in total. The average Bonchev–Trinajstić information content (AvgIpc) is 2.56. The van der Waals surface area contributed by atoms with Gasteiger partial charge in [0.1, 0.15) is 19.1 Å². The molecule has 20 heavy (non-hydrogen) atoms. The highest BCUT2D eigenvalue weighted by atomic mass is 35.5. The minimum absolute atomic E-state index is 0.614. The fraction of sp³-hybridized carbons (Fsp3) is 0.714. The van der Waals surface area contributed by atoms with Gasteiger partial charge in [0.15, 0.2) is 0 Å². The van der Waals surface area contributed by atoms with E-state index in [1.807, 2.05) is 0 Å². The van der Waals surface area contributed by atoms with Gasteiger partial charge in [-0.3, -0.25) is 0 Å². The van der Waals surface area contributed by atoms with Crippen LogP contribution in [0.2, 0.25) is 0 Å². The van der Waals surface area contributed by atoms with Crippen molar-refractivity contribution in [2.45, 2.75) is 19.1 Å². The summed E-state index contributed by atoms with van der Waals surface area (Å²) in [5, 5.41) is 0. The van der Waals surface area contributed by atoms with Crippen LogP contribution in [0.1, 0.15) is 0 Å². The molecule has 1 aromatic heterocycles. The first-order valence-electron chi connectivity index (χ1n) is 4.76. The maximum atomic E-state index is 11.9. The van der Waals surface area contributed by atoms with E-state index in [-0.39, 0.29) is 0 Å². The molecule has 1 heterocycles. The highest BCUT2D eigenvalue weighted by Gasteiger charge is 2.25. The van der Waals surface area contributed by atoms with Crippen LogP contribution in [0.25, 0.3) is 0 Å². The molecular weight excluding hydrogens is 435 g/mol. The molecule has 1 aromatic rings. The van der Waals surface area contributed by atoms with E-state index < -0.39 is 30.5 Å². The fourth-order valence-electron chi connectivity index (χ4n) is 0.952. The van der Waals surface area contributed by atoms with E-state index in [2.05, 4.69) is 0 Å². The molecule has 0 spiro atoms. The van der Waals surface area contributed by atoms with Crippen LogP contribution in [0.4, 0.5) is 0 Å². The molecule has 0 saturated heterocycles. The molecule has 0 aliphatic heterocycles. The number of halogens is 6. The number of nitrogens with zero attached hydrogens (tertiary/aromatic N) is 3. The first kappa shape index (κ1) is 19.2. The van der Waals surface area contributed by atoms with Crippen molar-refractivity contribution < 1.29 is 0 Å². The lowest BCUT2D eigenvalue weighted by molar-refractivity contribution is 0.821. The first-order valence-corrected chi connectivity index (χ1v) is 9.05. The number of alkyl halides is 6. The summed E-state index contributed by atoms with van der Waals surface area (Å²) in [6, 6.07) is 0. The molecule has 2 atom stereocenters. The highest BCUT2D eigenvalue weighted by Crippen LogP contribution is 2.29. The quantitative estimate of drug-likeness (QED) is 0.636. The summed E-state index contributed by atoms with van der Waals surface area (Å²) in [6.45, 7) is 0. The van der Waals surface area contributed by atoms with Crippen LogP contribution >= 0.6 is 93.5 Å². The molecule has 0 aliphatic rings. The molecule has 1 rings (SSSR count). The molecule has 0 amide bonds. The summed E-state index contributed by atoms with van der Waals surface area (Å²) in [7, 11) is 1.31. The molecule has 0 saturated carbocycles. The normalized spacial score (nSPS) is 15.1. The zero-order valence-electron chi connectivity index (χ0n) is 9.55. The van der Waals surface area contributed by atoms with E-state index in [9.17, 15) is 9.59 Å². The molecule has 0 fully saturated rings. The molecule has 0 aliphatic carbocycles. The lowest BCUT2D eigenvalue weighted by Gasteiger charge is -2.14. The summed E-state index contributed by atoms with van der Waals surface area (Å²) in [4.78, 5) is 22.0. The summed E-state index contributed by atoms with van der Waals surface area (Å²) >= 11 is 35.8. The van der Waals surface area contributed by atoms with Gasteiger partial charge in [-0.05, 0) is 0 Å². The van der Waals surface area contributed by atoms with Crippen molar-refractivity contribution in [2.75, 3.05) is 0 Å². The lowest BCUT2D eigenvalue weighted by atomic mass is 10.9. The van der Waals surface area contributed by atoms with Gasteiger partial charge in [-0.15, -0.1) is 69.6 Å². The Kier molecular flexibility index (Phi) is 7.84. The van der Waals surface area contributed by atoms with Crippen molar-refractivity contribution in [3.63, 3.8) is 0 Å². The van der Waals surface area contributed by atoms with Gasteiger partial charge in [0.2, 0.25) is 0 Å². The van der Waals surface area contributed by atoms with Crippen LogP contribution in [0, 0.1) is 0 Å². The second kappa shape index (κ2) is 8.15. The summed E-state index contributed by atoms with van der Waals surface area (Å²) in [5.41, 5.74) is -1.23. The van der Waals surface area contributed by atoms with E-state index in [0.29, 0.717) is 0 Å². The van der Waals surface area contributed by atoms with Crippen molar-refractivity contribution in [3.05, 3.63) is 21.0 Å². The second-order valence-electron chi connectivity index (χ2n) is 3.25. The zero-order chi connectivity index (χ0) is 15.6. The third-order valence-corrected chi connectivity index (χ3v) is 7.06. The van der Waals surface area contributed by atoms with E-state index in [1.54, 1.807) is 0 Å². The van der Waals surface area contributed by atoms with Crippen molar-refractivity contribution in [1.29, 1.82) is 0 Å². The third-order valence-electron chi connectivity index (χ3n) is 1.86. The zero-order valence-corrected chi connectivity index (χ0v) is 15.7. The van der Waals surface area contributed by atoms with Gasteiger partial charge in [0, 0.05) is 30.9 Å². The third kappa shape index (κ3) is 4.59. The van der Waals surface area contributed by atoms with Crippen molar-refractivity contribution >= 4 is 93.5 Å². The Labute approximate surface area is 152 Å². The number of aromatic nitrogens is 3. The molecule has 0 aromatic carbocycles. The predicted octanol–water partition coefficient (Wildman–Crippen LogP) is 3.08. The van der Waals surface area contributed by atoms with E-state index in [1.165, 1.54) is 7.05 Å². The van der Waals surface area contributed by atoms with E-state index >= 15 is 0 Å². The summed E-state index contributed by atoms with van der Waals surface area (Å²) in [5.74, 6) is 0. The topological polar surface area (TPSA) is 48.9 Å². The SMILES string of the molecule is Cn1c(=O)n(SC(Cl)C(Cl)Cl)n(SC(Cl)C(Cl)Cl)c1=O. The molecule has 0 bridgehead atoms. The Balaban J connectivity index is 3.19. The highest BCUT2D eigenvalue weighted by molar-refractivity contribution is 8.02. The molecule has 13 heteroatoms. The van der Waals surface area contributed by atoms with Gasteiger partial charge < -0.3 is 0 Å². The van der Waals surface area contributed by atoms with Crippen LogP contribution in [0.15, 0.2) is 9.59 Å². The van der Waals surface area contributed by atoms with Crippen molar-refractivity contribution in [1.82, 2.24) is 12.7 Å². The Bertz CT molecular complexity index is 522. The minimum atomic E-state index is -0.942. The average molecular weight is 442 g/mol. The van der Waals surface area contributed by atoms with Crippen LogP contribution < -0.4 is 11.4 Å². The van der Waals surface area contributed by atoms with Crippen LogP contribution in [0.5, 0.6) is 0 Å².